The Kier molecular flexibility index (Phi) is 6.87. The van der Waals surface area contributed by atoms with E-state index in [4.69, 9.17) is 4.74 Å². The molecular weight excluding hydrogens is 308 g/mol. The topological polar surface area (TPSA) is 50.4 Å². The number of halogens is 1. The van der Waals surface area contributed by atoms with E-state index in [9.17, 15) is 4.79 Å². The quantitative estimate of drug-likeness (QED) is 0.807. The molecule has 0 saturated carbocycles. The summed E-state index contributed by atoms with van der Waals surface area (Å²) in [4.78, 5) is 12.0. The van der Waals surface area contributed by atoms with Crippen LogP contribution in [-0.2, 0) is 11.3 Å². The number of ether oxygens (including phenoxy) is 1. The minimum absolute atomic E-state index is 0.00291. The Morgan fingerprint density at radius 1 is 1.47 bits per heavy atom. The van der Waals surface area contributed by atoms with Crippen LogP contribution < -0.4 is 15.4 Å². The van der Waals surface area contributed by atoms with Gasteiger partial charge in [0.05, 0.1) is 13.0 Å². The average molecular weight is 329 g/mol. The van der Waals surface area contributed by atoms with E-state index >= 15 is 0 Å². The van der Waals surface area contributed by atoms with Crippen LogP contribution in [0.2, 0.25) is 0 Å². The first-order valence-corrected chi connectivity index (χ1v) is 7.16. The van der Waals surface area contributed by atoms with Crippen LogP contribution in [0.15, 0.2) is 22.7 Å². The van der Waals surface area contributed by atoms with Crippen molar-refractivity contribution in [3.8, 4) is 5.75 Å². The number of nitrogens with one attached hydrogen (secondary N) is 2. The van der Waals surface area contributed by atoms with Crippen LogP contribution in [0.25, 0.3) is 0 Å². The summed E-state index contributed by atoms with van der Waals surface area (Å²) in [6.07, 6.45) is 0.822. The van der Waals surface area contributed by atoms with Crippen LogP contribution in [0.3, 0.4) is 0 Å². The van der Waals surface area contributed by atoms with E-state index in [-0.39, 0.29) is 11.8 Å². The first-order valence-electron chi connectivity index (χ1n) is 6.37. The predicted octanol–water partition coefficient (Wildman–Crippen LogP) is 2.32. The fourth-order valence-electron chi connectivity index (χ4n) is 1.88. The van der Waals surface area contributed by atoms with Gasteiger partial charge in [0, 0.05) is 23.1 Å². The third-order valence-corrected chi connectivity index (χ3v) is 3.50. The molecule has 0 fully saturated rings. The van der Waals surface area contributed by atoms with Gasteiger partial charge in [-0.15, -0.1) is 0 Å². The lowest BCUT2D eigenvalue weighted by Crippen LogP contribution is -2.35. The highest BCUT2D eigenvalue weighted by atomic mass is 79.9. The summed E-state index contributed by atoms with van der Waals surface area (Å²) in [6, 6.07) is 5.76. The zero-order chi connectivity index (χ0) is 14.3. The van der Waals surface area contributed by atoms with Crippen molar-refractivity contribution in [2.75, 3.05) is 20.7 Å². The van der Waals surface area contributed by atoms with E-state index < -0.39 is 0 Å². The third-order valence-electron chi connectivity index (χ3n) is 3.01. The molecule has 0 saturated heterocycles. The van der Waals surface area contributed by atoms with Crippen molar-refractivity contribution in [3.63, 3.8) is 0 Å². The number of methoxy groups -OCH3 is 1. The zero-order valence-electron chi connectivity index (χ0n) is 11.6. The van der Waals surface area contributed by atoms with Crippen LogP contribution in [0, 0.1) is 5.92 Å². The highest BCUT2D eigenvalue weighted by molar-refractivity contribution is 9.10. The van der Waals surface area contributed by atoms with Gasteiger partial charge in [-0.25, -0.2) is 0 Å². The zero-order valence-corrected chi connectivity index (χ0v) is 13.2. The second kappa shape index (κ2) is 8.17. The molecule has 0 aliphatic carbocycles. The molecular formula is C14H21BrN2O2. The third kappa shape index (κ3) is 4.84. The van der Waals surface area contributed by atoms with Gasteiger partial charge >= 0.3 is 0 Å². The van der Waals surface area contributed by atoms with Gasteiger partial charge in [0.2, 0.25) is 5.91 Å². The first-order chi connectivity index (χ1) is 9.12. The molecule has 0 bridgehead atoms. The van der Waals surface area contributed by atoms with Crippen molar-refractivity contribution in [1.29, 1.82) is 0 Å². The Morgan fingerprint density at radius 3 is 2.79 bits per heavy atom. The second-order valence-corrected chi connectivity index (χ2v) is 5.25. The molecule has 1 atom stereocenters. The lowest BCUT2D eigenvalue weighted by atomic mass is 10.1. The minimum atomic E-state index is 0.00291. The van der Waals surface area contributed by atoms with E-state index in [1.807, 2.05) is 32.2 Å². The maximum atomic E-state index is 12.0. The van der Waals surface area contributed by atoms with Crippen LogP contribution >= 0.6 is 15.9 Å². The Morgan fingerprint density at radius 2 is 2.21 bits per heavy atom. The van der Waals surface area contributed by atoms with Gasteiger partial charge in [-0.1, -0.05) is 22.9 Å². The van der Waals surface area contributed by atoms with Crippen molar-refractivity contribution < 1.29 is 9.53 Å². The Hall–Kier alpha value is -1.07. The fraction of sp³-hybridized carbons (Fsp3) is 0.500. The number of hydrogen-bond donors (Lipinski definition) is 2. The predicted molar refractivity (Wildman–Crippen MR) is 80.2 cm³/mol. The van der Waals surface area contributed by atoms with Crippen molar-refractivity contribution >= 4 is 21.8 Å². The Bertz CT molecular complexity index is 424. The lowest BCUT2D eigenvalue weighted by molar-refractivity contribution is -0.125. The van der Waals surface area contributed by atoms with Gasteiger partial charge in [-0.05, 0) is 31.7 Å². The van der Waals surface area contributed by atoms with Gasteiger partial charge in [0.25, 0.3) is 0 Å². The largest absolute Gasteiger partial charge is 0.496 e. The van der Waals surface area contributed by atoms with Crippen LogP contribution in [0.4, 0.5) is 0 Å². The molecule has 0 aliphatic rings. The van der Waals surface area contributed by atoms with Gasteiger partial charge in [0.1, 0.15) is 5.75 Å². The molecule has 0 aliphatic heterocycles. The summed E-state index contributed by atoms with van der Waals surface area (Å²) < 4.78 is 6.25. The molecule has 1 aromatic carbocycles. The SMILES string of the molecule is CCC(CNC)C(=O)NCc1cc(Br)ccc1OC. The summed E-state index contributed by atoms with van der Waals surface area (Å²) in [6.45, 7) is 3.18. The molecule has 106 valence electrons. The average Bonchev–Trinajstić information content (AvgIpc) is 2.42. The van der Waals surface area contributed by atoms with Crippen LogP contribution in [0.1, 0.15) is 18.9 Å². The molecule has 0 heterocycles. The summed E-state index contributed by atoms with van der Waals surface area (Å²) in [5.41, 5.74) is 0.963. The summed E-state index contributed by atoms with van der Waals surface area (Å²) >= 11 is 3.42. The first kappa shape index (κ1) is 16.0. The molecule has 0 aromatic heterocycles. The number of amides is 1. The molecule has 5 heteroatoms. The summed E-state index contributed by atoms with van der Waals surface area (Å²) in [5.74, 6) is 0.854. The Balaban J connectivity index is 2.65. The summed E-state index contributed by atoms with van der Waals surface area (Å²) in [5, 5.41) is 5.99. The van der Waals surface area contributed by atoms with Gasteiger partial charge < -0.3 is 15.4 Å². The molecule has 4 nitrogen and oxygen atoms in total. The van der Waals surface area contributed by atoms with Gasteiger partial charge in [0.15, 0.2) is 0 Å². The molecule has 1 rings (SSSR count). The standard InChI is InChI=1S/C14H21BrN2O2/c1-4-10(8-16-2)14(18)17-9-11-7-12(15)5-6-13(11)19-3/h5-7,10,16H,4,8-9H2,1-3H3,(H,17,18). The number of carbonyl (C=O) groups excluding carboxylic acids is 1. The maximum absolute atomic E-state index is 12.0. The maximum Gasteiger partial charge on any atom is 0.224 e. The highest BCUT2D eigenvalue weighted by Gasteiger charge is 2.15. The normalized spacial score (nSPS) is 12.0. The molecule has 1 unspecified atom stereocenters. The smallest absolute Gasteiger partial charge is 0.224 e. The van der Waals surface area contributed by atoms with E-state index in [1.54, 1.807) is 7.11 Å². The number of benzene rings is 1. The minimum Gasteiger partial charge on any atom is -0.496 e. The van der Waals surface area contributed by atoms with E-state index in [0.717, 1.165) is 22.2 Å². The molecule has 1 aromatic rings. The monoisotopic (exact) mass is 328 g/mol. The summed E-state index contributed by atoms with van der Waals surface area (Å²) in [7, 11) is 3.48. The van der Waals surface area contributed by atoms with Gasteiger partial charge in [-0.2, -0.15) is 0 Å². The molecule has 0 spiro atoms. The van der Waals surface area contributed by atoms with Crippen molar-refractivity contribution in [2.24, 2.45) is 5.92 Å². The second-order valence-electron chi connectivity index (χ2n) is 4.34. The van der Waals surface area contributed by atoms with E-state index in [2.05, 4.69) is 26.6 Å². The lowest BCUT2D eigenvalue weighted by Gasteiger charge is -2.15. The highest BCUT2D eigenvalue weighted by Crippen LogP contribution is 2.22. The molecule has 1 amide bonds. The van der Waals surface area contributed by atoms with Crippen molar-refractivity contribution in [2.45, 2.75) is 19.9 Å². The molecule has 2 N–H and O–H groups in total. The number of rotatable bonds is 7. The van der Waals surface area contributed by atoms with Crippen LogP contribution in [0.5, 0.6) is 5.75 Å². The van der Waals surface area contributed by atoms with Crippen LogP contribution in [-0.4, -0.2) is 26.6 Å². The number of carbonyl (C=O) groups is 1. The Labute approximate surface area is 123 Å². The number of hydrogen-bond acceptors (Lipinski definition) is 3. The molecule has 0 radical (unpaired) electrons. The fourth-order valence-corrected chi connectivity index (χ4v) is 2.29. The van der Waals surface area contributed by atoms with E-state index in [0.29, 0.717) is 13.1 Å². The van der Waals surface area contributed by atoms with Crippen molar-refractivity contribution in [3.05, 3.63) is 28.2 Å². The van der Waals surface area contributed by atoms with Crippen molar-refractivity contribution in [1.82, 2.24) is 10.6 Å². The van der Waals surface area contributed by atoms with Gasteiger partial charge in [-0.3, -0.25) is 4.79 Å². The molecule has 19 heavy (non-hydrogen) atoms. The van der Waals surface area contributed by atoms with E-state index in [1.165, 1.54) is 0 Å².